The number of hydrogen-bond acceptors (Lipinski definition) is 8. The van der Waals surface area contributed by atoms with Crippen LogP contribution in [0.4, 0.5) is 34.9 Å². The minimum atomic E-state index is -4.67. The van der Waals surface area contributed by atoms with E-state index in [0.29, 0.717) is 58.9 Å². The molecule has 6 rings (SSSR count). The number of nitrogens with zero attached hydrogens (tertiary/aromatic N) is 7. The maximum absolute atomic E-state index is 15.0. The Balaban J connectivity index is 1.37. The molecular formula is C27H23F4N9O2S. The van der Waals surface area contributed by atoms with Gasteiger partial charge in [-0.15, -0.1) is 0 Å². The second kappa shape index (κ2) is 10.4. The molecule has 222 valence electrons. The lowest BCUT2D eigenvalue weighted by Gasteiger charge is -2.19. The van der Waals surface area contributed by atoms with Gasteiger partial charge in [-0.3, -0.25) is 14.4 Å². The van der Waals surface area contributed by atoms with Gasteiger partial charge in [0.15, 0.2) is 5.82 Å². The summed E-state index contributed by atoms with van der Waals surface area (Å²) in [6.07, 6.45) is -0.421. The Morgan fingerprint density at radius 2 is 1.93 bits per heavy atom. The highest BCUT2D eigenvalue weighted by Gasteiger charge is 2.31. The van der Waals surface area contributed by atoms with Gasteiger partial charge in [0.2, 0.25) is 10.0 Å². The summed E-state index contributed by atoms with van der Waals surface area (Å²) in [4.78, 5) is 17.1. The third kappa shape index (κ3) is 5.77. The number of halogens is 4. The standard InChI is InChI=1S/C27H23F4N9O2S/c1-15-9-21(28)22(38-43(41,42)14-18-11-17(3-5-32-18)27(29,30)31)12-19(15)20-10-16-13-34-26(35-23-4-7-39(2)37-23)36-24(16)40-8-6-33-25(20)40/h3-5,7,9-13,33,38H,6,8,14H2,1-2H3. The fourth-order valence-electron chi connectivity index (χ4n) is 4.86. The van der Waals surface area contributed by atoms with Crippen LogP contribution in [-0.2, 0) is 35.5 Å². The molecule has 0 radical (unpaired) electrons. The Morgan fingerprint density at radius 3 is 2.67 bits per heavy atom. The van der Waals surface area contributed by atoms with Crippen LogP contribution in [-0.4, -0.2) is 44.3 Å². The lowest BCUT2D eigenvalue weighted by molar-refractivity contribution is -0.137. The van der Waals surface area contributed by atoms with E-state index >= 15 is 4.39 Å². The Labute approximate surface area is 242 Å². The topological polar surface area (TPSA) is 132 Å². The predicted octanol–water partition coefficient (Wildman–Crippen LogP) is 4.24. The van der Waals surface area contributed by atoms with Gasteiger partial charge in [0.1, 0.15) is 23.2 Å². The molecule has 0 unspecified atom stereocenters. The Bertz CT molecular complexity index is 2020. The number of hydrogen-bond donors (Lipinski definition) is 2. The highest BCUT2D eigenvalue weighted by molar-refractivity contribution is 7.91. The van der Waals surface area contributed by atoms with Crippen LogP contribution in [0.15, 0.2) is 60.0 Å². The maximum atomic E-state index is 15.0. The maximum Gasteiger partial charge on any atom is 0.416 e. The molecule has 0 atom stereocenters. The van der Waals surface area contributed by atoms with E-state index in [1.165, 1.54) is 12.1 Å². The number of rotatable bonds is 6. The molecule has 3 aromatic rings. The molecule has 0 saturated carbocycles. The second-order valence-corrected chi connectivity index (χ2v) is 11.7. The molecule has 0 spiro atoms. The minimum Gasteiger partial charge on any atom is -0.369 e. The van der Waals surface area contributed by atoms with Crippen molar-refractivity contribution in [3.8, 4) is 22.5 Å². The Kier molecular flexibility index (Phi) is 6.87. The summed E-state index contributed by atoms with van der Waals surface area (Å²) in [7, 11) is -2.56. The van der Waals surface area contributed by atoms with Gasteiger partial charge < -0.3 is 9.88 Å². The quantitative estimate of drug-likeness (QED) is 0.274. The SMILES string of the molecule is Cc1cc(F)c(NS(=O)(=O)Cc2cc(C(F)(F)F)ccn2)cc1-c1cc2cnc(=Nc3ccn(C)n3)nc-2n2c1NCC2. The van der Waals surface area contributed by atoms with Crippen molar-refractivity contribution in [2.24, 2.45) is 12.0 Å². The van der Waals surface area contributed by atoms with Crippen molar-refractivity contribution in [3.05, 3.63) is 83.2 Å². The number of sulfonamides is 1. The van der Waals surface area contributed by atoms with E-state index in [-0.39, 0.29) is 17.0 Å². The average molecular weight is 614 g/mol. The van der Waals surface area contributed by atoms with Crippen molar-refractivity contribution in [3.63, 3.8) is 0 Å². The van der Waals surface area contributed by atoms with Crippen LogP contribution < -0.4 is 15.7 Å². The molecule has 0 bridgehead atoms. The lowest BCUT2D eigenvalue weighted by Crippen LogP contribution is -2.18. The van der Waals surface area contributed by atoms with Crippen LogP contribution in [0.3, 0.4) is 0 Å². The van der Waals surface area contributed by atoms with Crippen molar-refractivity contribution in [2.75, 3.05) is 16.6 Å². The molecule has 11 nitrogen and oxygen atoms in total. The first-order valence-corrected chi connectivity index (χ1v) is 14.5. The largest absolute Gasteiger partial charge is 0.416 e. The van der Waals surface area contributed by atoms with E-state index in [1.54, 1.807) is 37.1 Å². The molecular weight excluding hydrogens is 590 g/mol. The second-order valence-electron chi connectivity index (χ2n) is 9.94. The lowest BCUT2D eigenvalue weighted by atomic mass is 9.98. The van der Waals surface area contributed by atoms with Gasteiger partial charge in [-0.1, -0.05) is 0 Å². The number of benzene rings is 1. The molecule has 5 heterocycles. The molecule has 0 fully saturated rings. The smallest absolute Gasteiger partial charge is 0.369 e. The zero-order valence-electron chi connectivity index (χ0n) is 22.7. The van der Waals surface area contributed by atoms with Crippen LogP contribution in [0.2, 0.25) is 0 Å². The van der Waals surface area contributed by atoms with E-state index in [2.05, 4.69) is 35.1 Å². The van der Waals surface area contributed by atoms with E-state index in [1.807, 2.05) is 10.6 Å². The first-order chi connectivity index (χ1) is 20.4. The molecule has 0 saturated heterocycles. The van der Waals surface area contributed by atoms with Crippen LogP contribution in [0.5, 0.6) is 0 Å². The fourth-order valence-corrected chi connectivity index (χ4v) is 5.97. The average Bonchev–Trinajstić information content (AvgIpc) is 3.59. The molecule has 16 heteroatoms. The summed E-state index contributed by atoms with van der Waals surface area (Å²) < 4.78 is 85.8. The number of pyridine rings is 2. The molecule has 2 N–H and O–H groups in total. The first-order valence-electron chi connectivity index (χ1n) is 12.9. The summed E-state index contributed by atoms with van der Waals surface area (Å²) >= 11 is 0. The highest BCUT2D eigenvalue weighted by Crippen LogP contribution is 2.39. The van der Waals surface area contributed by atoms with Crippen molar-refractivity contribution in [2.45, 2.75) is 25.4 Å². The van der Waals surface area contributed by atoms with Crippen molar-refractivity contribution >= 4 is 27.3 Å². The number of alkyl halides is 3. The molecule has 3 aliphatic rings. The van der Waals surface area contributed by atoms with Crippen LogP contribution in [0.1, 0.15) is 16.8 Å². The third-order valence-corrected chi connectivity index (χ3v) is 7.96. The van der Waals surface area contributed by atoms with Crippen LogP contribution in [0, 0.1) is 12.7 Å². The van der Waals surface area contributed by atoms with Gasteiger partial charge in [0.05, 0.1) is 16.9 Å². The fraction of sp³-hybridized carbons (Fsp3) is 0.222. The van der Waals surface area contributed by atoms with Gasteiger partial charge in [-0.05, 0) is 48.4 Å². The molecule has 0 aliphatic carbocycles. The molecule has 3 aliphatic heterocycles. The summed E-state index contributed by atoms with van der Waals surface area (Å²) in [5, 5.41) is 7.54. The minimum absolute atomic E-state index is 0.227. The number of anilines is 2. The summed E-state index contributed by atoms with van der Waals surface area (Å²) in [6, 6.07) is 7.48. The number of nitrogens with one attached hydrogen (secondary N) is 2. The monoisotopic (exact) mass is 613 g/mol. The molecule has 0 amide bonds. The number of aryl methyl sites for hydroxylation is 2. The third-order valence-electron chi connectivity index (χ3n) is 6.76. The summed E-state index contributed by atoms with van der Waals surface area (Å²) in [5.41, 5.74) is 0.877. The Morgan fingerprint density at radius 1 is 1.12 bits per heavy atom. The zero-order valence-corrected chi connectivity index (χ0v) is 23.5. The number of aromatic nitrogens is 6. The van der Waals surface area contributed by atoms with Gasteiger partial charge in [-0.2, -0.15) is 28.2 Å². The summed E-state index contributed by atoms with van der Waals surface area (Å²) in [5.74, 6) is 0.0309. The molecule has 1 aromatic carbocycles. The van der Waals surface area contributed by atoms with E-state index in [0.717, 1.165) is 12.3 Å². The van der Waals surface area contributed by atoms with Crippen molar-refractivity contribution in [1.82, 2.24) is 29.3 Å². The summed E-state index contributed by atoms with van der Waals surface area (Å²) in [6.45, 7) is 2.85. The first kappa shape index (κ1) is 28.3. The van der Waals surface area contributed by atoms with E-state index in [9.17, 15) is 21.6 Å². The van der Waals surface area contributed by atoms with Gasteiger partial charge in [0, 0.05) is 55.9 Å². The Hall–Kier alpha value is -4.86. The predicted molar refractivity (Wildman–Crippen MR) is 149 cm³/mol. The van der Waals surface area contributed by atoms with Gasteiger partial charge in [-0.25, -0.2) is 17.8 Å². The van der Waals surface area contributed by atoms with Crippen molar-refractivity contribution < 1.29 is 26.0 Å². The van der Waals surface area contributed by atoms with E-state index in [4.69, 9.17) is 0 Å². The molecule has 2 aromatic heterocycles. The van der Waals surface area contributed by atoms with Gasteiger partial charge >= 0.3 is 6.18 Å². The number of fused-ring (bicyclic) bond motifs is 3. The van der Waals surface area contributed by atoms with Crippen LogP contribution in [0.25, 0.3) is 22.5 Å². The zero-order chi connectivity index (χ0) is 30.5. The molecule has 43 heavy (non-hydrogen) atoms. The van der Waals surface area contributed by atoms with E-state index < -0.39 is 33.3 Å². The normalized spacial score (nSPS) is 13.8. The van der Waals surface area contributed by atoms with Gasteiger partial charge in [0.25, 0.3) is 5.62 Å². The highest BCUT2D eigenvalue weighted by atomic mass is 32.2. The van der Waals surface area contributed by atoms with Crippen molar-refractivity contribution in [1.29, 1.82) is 0 Å². The van der Waals surface area contributed by atoms with Crippen LogP contribution >= 0.6 is 0 Å².